The van der Waals surface area contributed by atoms with Gasteiger partial charge in [-0.05, 0) is 42.3 Å². The van der Waals surface area contributed by atoms with Crippen LogP contribution in [0.1, 0.15) is 49.5 Å². The summed E-state index contributed by atoms with van der Waals surface area (Å²) in [6.45, 7) is 7.24. The van der Waals surface area contributed by atoms with Crippen molar-refractivity contribution in [3.05, 3.63) is 77.9 Å². The number of carbonyl (C=O) groups is 3. The van der Waals surface area contributed by atoms with Gasteiger partial charge < -0.3 is 15.1 Å². The SMILES string of the molecule is CC(C)CNC(=O)[C@@H](C)N(Cc1ccccc1)C(=O)CCCN1C(=O)c2cccc3cccc1c23. The summed E-state index contributed by atoms with van der Waals surface area (Å²) < 4.78 is 0. The maximum atomic E-state index is 13.3. The lowest BCUT2D eigenvalue weighted by molar-refractivity contribution is -0.140. The van der Waals surface area contributed by atoms with Gasteiger partial charge in [0.25, 0.3) is 5.91 Å². The van der Waals surface area contributed by atoms with E-state index in [0.717, 1.165) is 22.0 Å². The molecule has 0 bridgehead atoms. The molecule has 0 saturated carbocycles. The van der Waals surface area contributed by atoms with E-state index in [0.29, 0.717) is 37.5 Å². The number of nitrogens with one attached hydrogen (secondary N) is 1. The number of benzene rings is 3. The smallest absolute Gasteiger partial charge is 0.258 e. The van der Waals surface area contributed by atoms with E-state index in [9.17, 15) is 14.4 Å². The molecule has 35 heavy (non-hydrogen) atoms. The highest BCUT2D eigenvalue weighted by Crippen LogP contribution is 2.37. The van der Waals surface area contributed by atoms with Gasteiger partial charge in [-0.1, -0.05) is 68.4 Å². The number of rotatable bonds is 10. The summed E-state index contributed by atoms with van der Waals surface area (Å²) in [4.78, 5) is 42.6. The molecule has 1 aliphatic rings. The van der Waals surface area contributed by atoms with Crippen LogP contribution in [0.4, 0.5) is 5.69 Å². The molecule has 1 heterocycles. The third-order valence-corrected chi connectivity index (χ3v) is 6.47. The monoisotopic (exact) mass is 471 g/mol. The first-order chi connectivity index (χ1) is 16.9. The maximum Gasteiger partial charge on any atom is 0.258 e. The van der Waals surface area contributed by atoms with Crippen LogP contribution < -0.4 is 10.2 Å². The topological polar surface area (TPSA) is 69.7 Å². The highest BCUT2D eigenvalue weighted by Gasteiger charge is 2.30. The second-order valence-corrected chi connectivity index (χ2v) is 9.56. The molecule has 3 aromatic rings. The summed E-state index contributed by atoms with van der Waals surface area (Å²) in [6, 6.07) is 20.8. The molecule has 0 spiro atoms. The summed E-state index contributed by atoms with van der Waals surface area (Å²) in [5.74, 6) is 0.0612. The minimum absolute atomic E-state index is 0.0215. The molecule has 0 fully saturated rings. The summed E-state index contributed by atoms with van der Waals surface area (Å²) >= 11 is 0. The lowest BCUT2D eigenvalue weighted by Crippen LogP contribution is -2.48. The molecule has 3 amide bonds. The van der Waals surface area contributed by atoms with Crippen molar-refractivity contribution in [3.8, 4) is 0 Å². The molecular weight excluding hydrogens is 438 g/mol. The average molecular weight is 472 g/mol. The van der Waals surface area contributed by atoms with Crippen molar-refractivity contribution in [2.45, 2.75) is 46.2 Å². The fraction of sp³-hybridized carbons (Fsp3) is 0.345. The first kappa shape index (κ1) is 24.5. The lowest BCUT2D eigenvalue weighted by Gasteiger charge is -2.29. The summed E-state index contributed by atoms with van der Waals surface area (Å²) in [5, 5.41) is 4.97. The summed E-state index contributed by atoms with van der Waals surface area (Å²) in [5.41, 5.74) is 2.59. The zero-order valence-electron chi connectivity index (χ0n) is 20.7. The Morgan fingerprint density at radius 2 is 1.66 bits per heavy atom. The number of nitrogens with zero attached hydrogens (tertiary/aromatic N) is 2. The molecule has 0 aliphatic carbocycles. The number of amides is 3. The van der Waals surface area contributed by atoms with Gasteiger partial charge >= 0.3 is 0 Å². The van der Waals surface area contributed by atoms with Gasteiger partial charge in [0.05, 0.1) is 5.69 Å². The van der Waals surface area contributed by atoms with Crippen molar-refractivity contribution in [1.82, 2.24) is 10.2 Å². The molecule has 0 radical (unpaired) electrons. The Hall–Kier alpha value is -3.67. The van der Waals surface area contributed by atoms with Crippen molar-refractivity contribution in [2.75, 3.05) is 18.0 Å². The highest BCUT2D eigenvalue weighted by atomic mass is 16.2. The fourth-order valence-corrected chi connectivity index (χ4v) is 4.55. The van der Waals surface area contributed by atoms with Crippen molar-refractivity contribution in [1.29, 1.82) is 0 Å². The molecule has 6 heteroatoms. The van der Waals surface area contributed by atoms with Crippen LogP contribution in [-0.2, 0) is 16.1 Å². The minimum atomic E-state index is -0.590. The Balaban J connectivity index is 1.44. The predicted octanol–water partition coefficient (Wildman–Crippen LogP) is 4.77. The van der Waals surface area contributed by atoms with Gasteiger partial charge in [0, 0.05) is 37.0 Å². The predicted molar refractivity (Wildman–Crippen MR) is 139 cm³/mol. The number of anilines is 1. The molecule has 0 aromatic heterocycles. The van der Waals surface area contributed by atoms with Crippen LogP contribution in [0, 0.1) is 5.92 Å². The minimum Gasteiger partial charge on any atom is -0.354 e. The summed E-state index contributed by atoms with van der Waals surface area (Å²) in [6.07, 6.45) is 0.769. The Morgan fingerprint density at radius 1 is 0.943 bits per heavy atom. The normalized spacial score (nSPS) is 13.4. The Bertz CT molecular complexity index is 1220. The van der Waals surface area contributed by atoms with Crippen LogP contribution >= 0.6 is 0 Å². The zero-order valence-corrected chi connectivity index (χ0v) is 20.7. The maximum absolute atomic E-state index is 13.3. The van der Waals surface area contributed by atoms with Gasteiger partial charge in [-0.2, -0.15) is 0 Å². The van der Waals surface area contributed by atoms with E-state index in [1.165, 1.54) is 0 Å². The fourth-order valence-electron chi connectivity index (χ4n) is 4.55. The molecule has 182 valence electrons. The Kier molecular flexibility index (Phi) is 7.49. The van der Waals surface area contributed by atoms with Crippen LogP contribution in [0.5, 0.6) is 0 Å². The first-order valence-electron chi connectivity index (χ1n) is 12.3. The van der Waals surface area contributed by atoms with Crippen LogP contribution in [0.15, 0.2) is 66.7 Å². The molecule has 0 unspecified atom stereocenters. The van der Waals surface area contributed by atoms with E-state index in [-0.39, 0.29) is 24.1 Å². The zero-order chi connectivity index (χ0) is 24.9. The summed E-state index contributed by atoms with van der Waals surface area (Å²) in [7, 11) is 0. The lowest BCUT2D eigenvalue weighted by atomic mass is 10.1. The largest absolute Gasteiger partial charge is 0.354 e. The molecule has 3 aromatic carbocycles. The quantitative estimate of drug-likeness (QED) is 0.463. The van der Waals surface area contributed by atoms with Crippen molar-refractivity contribution >= 4 is 34.2 Å². The van der Waals surface area contributed by atoms with E-state index >= 15 is 0 Å². The van der Waals surface area contributed by atoms with Crippen molar-refractivity contribution < 1.29 is 14.4 Å². The van der Waals surface area contributed by atoms with E-state index in [4.69, 9.17) is 0 Å². The molecule has 4 rings (SSSR count). The molecular formula is C29H33N3O3. The highest BCUT2D eigenvalue weighted by molar-refractivity contribution is 6.25. The van der Waals surface area contributed by atoms with Crippen LogP contribution in [-0.4, -0.2) is 41.8 Å². The standard InChI is InChI=1S/C29H33N3O3/c1-20(2)18-30-28(34)21(3)32(19-22-10-5-4-6-11-22)26(33)16-9-17-31-25-15-8-13-23-12-7-14-24(27(23)25)29(31)35/h4-8,10-15,20-21H,9,16-19H2,1-3H3,(H,30,34)/t21-/m1/s1. The molecule has 0 saturated heterocycles. The van der Waals surface area contributed by atoms with Crippen molar-refractivity contribution in [2.24, 2.45) is 5.92 Å². The second kappa shape index (κ2) is 10.7. The van der Waals surface area contributed by atoms with Gasteiger partial charge in [-0.25, -0.2) is 0 Å². The van der Waals surface area contributed by atoms with Gasteiger partial charge in [0.15, 0.2) is 0 Å². The Labute approximate surface area is 206 Å². The van der Waals surface area contributed by atoms with Gasteiger partial charge in [-0.3, -0.25) is 14.4 Å². The van der Waals surface area contributed by atoms with E-state index < -0.39 is 6.04 Å². The molecule has 1 aliphatic heterocycles. The van der Waals surface area contributed by atoms with Gasteiger partial charge in [0.1, 0.15) is 6.04 Å². The van der Waals surface area contributed by atoms with Crippen LogP contribution in [0.2, 0.25) is 0 Å². The second-order valence-electron chi connectivity index (χ2n) is 9.56. The van der Waals surface area contributed by atoms with Gasteiger partial charge in [0.2, 0.25) is 11.8 Å². The number of hydrogen-bond donors (Lipinski definition) is 1. The molecule has 1 N–H and O–H groups in total. The van der Waals surface area contributed by atoms with E-state index in [2.05, 4.69) is 5.32 Å². The third kappa shape index (κ3) is 5.37. The molecule has 6 nitrogen and oxygen atoms in total. The third-order valence-electron chi connectivity index (χ3n) is 6.47. The Morgan fingerprint density at radius 3 is 2.37 bits per heavy atom. The molecule has 1 atom stereocenters. The van der Waals surface area contributed by atoms with E-state index in [1.807, 2.05) is 80.6 Å². The average Bonchev–Trinajstić information content (AvgIpc) is 3.14. The number of carbonyl (C=O) groups excluding carboxylic acids is 3. The van der Waals surface area contributed by atoms with Crippen molar-refractivity contribution in [3.63, 3.8) is 0 Å². The number of hydrogen-bond acceptors (Lipinski definition) is 3. The first-order valence-corrected chi connectivity index (χ1v) is 12.3. The van der Waals surface area contributed by atoms with E-state index in [1.54, 1.807) is 16.7 Å². The van der Waals surface area contributed by atoms with Gasteiger partial charge in [-0.15, -0.1) is 0 Å². The van der Waals surface area contributed by atoms with Crippen LogP contribution in [0.25, 0.3) is 10.8 Å². The van der Waals surface area contributed by atoms with Crippen LogP contribution in [0.3, 0.4) is 0 Å².